The number of benzene rings is 2. The minimum atomic E-state index is 0.479. The predicted molar refractivity (Wildman–Crippen MR) is 113 cm³/mol. The Morgan fingerprint density at radius 1 is 1.03 bits per heavy atom. The first-order chi connectivity index (χ1) is 14.3. The van der Waals surface area contributed by atoms with Gasteiger partial charge in [0.05, 0.1) is 5.39 Å². The molecule has 0 aliphatic carbocycles. The zero-order chi connectivity index (χ0) is 19.6. The third-order valence-electron chi connectivity index (χ3n) is 5.27. The average molecular weight is 381 g/mol. The summed E-state index contributed by atoms with van der Waals surface area (Å²) in [6, 6.07) is 17.7. The lowest BCUT2D eigenvalue weighted by molar-refractivity contribution is 0.433. The molecule has 142 valence electrons. The van der Waals surface area contributed by atoms with Gasteiger partial charge in [-0.1, -0.05) is 18.2 Å². The summed E-state index contributed by atoms with van der Waals surface area (Å²) in [5.41, 5.74) is 2.75. The molecule has 4 aromatic rings. The fraction of sp³-hybridized carbons (Fsp3) is 0.227. The van der Waals surface area contributed by atoms with Crippen LogP contribution in [0, 0.1) is 5.92 Å². The Labute approximate surface area is 170 Å². The van der Waals surface area contributed by atoms with E-state index in [4.69, 9.17) is 17.8 Å². The van der Waals surface area contributed by atoms with Crippen molar-refractivity contribution in [3.05, 3.63) is 67.1 Å². The van der Waals surface area contributed by atoms with Gasteiger partial charge in [-0.15, -0.1) is 0 Å². The van der Waals surface area contributed by atoms with E-state index in [2.05, 4.69) is 9.97 Å². The summed E-state index contributed by atoms with van der Waals surface area (Å²) in [6.45, 7) is 2.61. The largest absolute Gasteiger partial charge is 0.457 e. The molecule has 0 amide bonds. The second kappa shape index (κ2) is 7.68. The van der Waals surface area contributed by atoms with E-state index in [0.29, 0.717) is 5.92 Å². The van der Waals surface area contributed by atoms with Gasteiger partial charge < -0.3 is 9.55 Å². The zero-order valence-corrected chi connectivity index (χ0v) is 16.0. The lowest BCUT2D eigenvalue weighted by atomic mass is 10.1. The van der Waals surface area contributed by atoms with Gasteiger partial charge in [0.1, 0.15) is 23.5 Å². The molecule has 1 atom stereocenters. The van der Waals surface area contributed by atoms with Gasteiger partial charge in [-0.25, -0.2) is 14.6 Å². The summed E-state index contributed by atoms with van der Waals surface area (Å²) < 4.78 is 7.88. The summed E-state index contributed by atoms with van der Waals surface area (Å²) in [4.78, 5) is 10.6. The van der Waals surface area contributed by atoms with Crippen LogP contribution in [0.5, 0.6) is 11.5 Å². The molecule has 5 rings (SSSR count). The van der Waals surface area contributed by atoms with Crippen LogP contribution in [0.2, 0.25) is 0 Å². The summed E-state index contributed by atoms with van der Waals surface area (Å²) in [5, 5.41) is 5.83. The van der Waals surface area contributed by atoms with Gasteiger partial charge in [-0.2, -0.15) is 5.10 Å². The van der Waals surface area contributed by atoms with E-state index in [9.17, 15) is 0 Å². The molecule has 0 saturated carbocycles. The molecule has 2 radical (unpaired) electrons. The van der Waals surface area contributed by atoms with Crippen molar-refractivity contribution in [3.8, 4) is 22.8 Å². The van der Waals surface area contributed by atoms with Crippen LogP contribution in [-0.4, -0.2) is 45.6 Å². The first-order valence-electron chi connectivity index (χ1n) is 9.76. The standard InChI is InChI=1S/C22H20BN5O/c23-27-11-10-16(13-27)14-28-22-20(12-24-15-25-22)21(26-28)17-6-8-19(9-7-17)29-18-4-2-1-3-5-18/h1-9,12,15-16H,10-11,13-14H2. The van der Waals surface area contributed by atoms with Gasteiger partial charge in [0, 0.05) is 18.3 Å². The van der Waals surface area contributed by atoms with Crippen molar-refractivity contribution in [2.24, 2.45) is 5.92 Å². The van der Waals surface area contributed by atoms with Crippen LogP contribution in [0.15, 0.2) is 67.1 Å². The van der Waals surface area contributed by atoms with Crippen LogP contribution in [0.25, 0.3) is 22.3 Å². The second-order valence-electron chi connectivity index (χ2n) is 7.38. The van der Waals surface area contributed by atoms with E-state index in [1.165, 1.54) is 0 Å². The van der Waals surface area contributed by atoms with Crippen molar-refractivity contribution < 1.29 is 4.74 Å². The Morgan fingerprint density at radius 2 is 1.83 bits per heavy atom. The fourth-order valence-corrected chi connectivity index (χ4v) is 3.82. The van der Waals surface area contributed by atoms with Crippen molar-refractivity contribution in [1.29, 1.82) is 0 Å². The fourth-order valence-electron chi connectivity index (χ4n) is 3.82. The highest BCUT2D eigenvalue weighted by Crippen LogP contribution is 2.30. The maximum atomic E-state index is 5.92. The normalized spacial score (nSPS) is 17.0. The smallest absolute Gasteiger partial charge is 0.182 e. The lowest BCUT2D eigenvalue weighted by Crippen LogP contribution is -2.19. The summed E-state index contributed by atoms with van der Waals surface area (Å²) >= 11 is 0. The van der Waals surface area contributed by atoms with Crippen LogP contribution in [0.4, 0.5) is 0 Å². The summed E-state index contributed by atoms with van der Waals surface area (Å²) in [7, 11) is 5.92. The second-order valence-corrected chi connectivity index (χ2v) is 7.38. The Kier molecular flexibility index (Phi) is 4.73. The lowest BCUT2D eigenvalue weighted by Gasteiger charge is -2.11. The van der Waals surface area contributed by atoms with Gasteiger partial charge >= 0.3 is 0 Å². The molecule has 3 heterocycles. The van der Waals surface area contributed by atoms with Crippen molar-refractivity contribution in [2.45, 2.75) is 13.0 Å². The molecule has 1 saturated heterocycles. The molecule has 29 heavy (non-hydrogen) atoms. The zero-order valence-electron chi connectivity index (χ0n) is 16.0. The molecular formula is C22H20BN5O. The van der Waals surface area contributed by atoms with Gasteiger partial charge in [0.25, 0.3) is 0 Å². The van der Waals surface area contributed by atoms with E-state index in [0.717, 1.165) is 59.8 Å². The quantitative estimate of drug-likeness (QED) is 0.494. The number of rotatable bonds is 5. The first-order valence-corrected chi connectivity index (χ1v) is 9.76. The molecule has 1 fully saturated rings. The van der Waals surface area contributed by atoms with Gasteiger partial charge in [0.2, 0.25) is 0 Å². The number of nitrogens with zero attached hydrogens (tertiary/aromatic N) is 5. The number of fused-ring (bicyclic) bond motifs is 1. The molecule has 1 unspecified atom stereocenters. The van der Waals surface area contributed by atoms with Crippen molar-refractivity contribution >= 4 is 19.0 Å². The van der Waals surface area contributed by atoms with Crippen molar-refractivity contribution in [1.82, 2.24) is 24.6 Å². The van der Waals surface area contributed by atoms with Gasteiger partial charge in [-0.3, -0.25) is 0 Å². The SMILES string of the molecule is [B]N1CCC(Cn2nc(-c3ccc(Oc4ccccc4)cc3)c3cncnc32)C1. The van der Waals surface area contributed by atoms with E-state index in [1.54, 1.807) is 6.33 Å². The van der Waals surface area contributed by atoms with Crippen molar-refractivity contribution in [3.63, 3.8) is 0 Å². The van der Waals surface area contributed by atoms with Crippen LogP contribution < -0.4 is 4.74 Å². The Hall–Kier alpha value is -3.19. The third-order valence-corrected chi connectivity index (χ3v) is 5.27. The maximum absolute atomic E-state index is 5.92. The maximum Gasteiger partial charge on any atom is 0.182 e. The van der Waals surface area contributed by atoms with Crippen LogP contribution in [0.3, 0.4) is 0 Å². The third kappa shape index (κ3) is 3.73. The highest BCUT2D eigenvalue weighted by molar-refractivity contribution is 6.04. The number of hydrogen-bond acceptors (Lipinski definition) is 5. The highest BCUT2D eigenvalue weighted by atomic mass is 16.5. The average Bonchev–Trinajstić information content (AvgIpc) is 3.33. The minimum absolute atomic E-state index is 0.479. The molecule has 1 aliphatic rings. The Bertz CT molecular complexity index is 1110. The molecule has 0 bridgehead atoms. The molecule has 7 heteroatoms. The van der Waals surface area contributed by atoms with Crippen molar-refractivity contribution in [2.75, 3.05) is 13.1 Å². The molecule has 2 aromatic heterocycles. The summed E-state index contributed by atoms with van der Waals surface area (Å²) in [5.74, 6) is 2.08. The number of hydrogen-bond donors (Lipinski definition) is 0. The Balaban J connectivity index is 1.44. The van der Waals surface area contributed by atoms with E-state index in [-0.39, 0.29) is 0 Å². The topological polar surface area (TPSA) is 56.1 Å². The Morgan fingerprint density at radius 3 is 2.59 bits per heavy atom. The summed E-state index contributed by atoms with van der Waals surface area (Å²) in [6.07, 6.45) is 4.48. The van der Waals surface area contributed by atoms with Gasteiger partial charge in [-0.05, 0) is 61.8 Å². The number of ether oxygens (including phenoxy) is 1. The molecule has 2 aromatic carbocycles. The number of aromatic nitrogens is 4. The first kappa shape index (κ1) is 17.9. The highest BCUT2D eigenvalue weighted by Gasteiger charge is 2.22. The molecule has 0 N–H and O–H groups in total. The van der Waals surface area contributed by atoms with Gasteiger partial charge in [0.15, 0.2) is 13.6 Å². The number of para-hydroxylation sites is 1. The molecular weight excluding hydrogens is 361 g/mol. The van der Waals surface area contributed by atoms with Crippen LogP contribution in [-0.2, 0) is 6.54 Å². The van der Waals surface area contributed by atoms with E-state index < -0.39 is 0 Å². The minimum Gasteiger partial charge on any atom is -0.457 e. The van der Waals surface area contributed by atoms with E-state index in [1.807, 2.05) is 70.3 Å². The van der Waals surface area contributed by atoms with Crippen LogP contribution >= 0.6 is 0 Å². The molecule has 0 spiro atoms. The molecule has 1 aliphatic heterocycles. The molecule has 6 nitrogen and oxygen atoms in total. The monoisotopic (exact) mass is 381 g/mol. The van der Waals surface area contributed by atoms with E-state index >= 15 is 0 Å². The predicted octanol–water partition coefficient (Wildman–Crippen LogP) is 3.69. The van der Waals surface area contributed by atoms with Crippen LogP contribution in [0.1, 0.15) is 6.42 Å².